The molecule has 6 heteroatoms. The Hall–Kier alpha value is -2.02. The molecular formula is C21H26N2O3S. The summed E-state index contributed by atoms with van der Waals surface area (Å²) in [6, 6.07) is 18.3. The highest BCUT2D eigenvalue weighted by Gasteiger charge is 2.23. The molecule has 27 heavy (non-hydrogen) atoms. The Morgan fingerprint density at radius 3 is 2.52 bits per heavy atom. The molecule has 1 unspecified atom stereocenters. The second kappa shape index (κ2) is 10.3. The molecule has 1 aliphatic rings. The third kappa shape index (κ3) is 5.99. The third-order valence-corrected chi connectivity index (χ3v) is 5.60. The van der Waals surface area contributed by atoms with Crippen molar-refractivity contribution in [2.45, 2.75) is 10.9 Å². The molecule has 0 saturated carbocycles. The van der Waals surface area contributed by atoms with Crippen LogP contribution in [0.4, 0.5) is 0 Å². The number of ether oxygens (including phenoxy) is 2. The average Bonchev–Trinajstić information content (AvgIpc) is 2.74. The fourth-order valence-corrected chi connectivity index (χ4v) is 3.83. The molecule has 2 aromatic rings. The van der Waals surface area contributed by atoms with Crippen LogP contribution in [-0.2, 0) is 9.53 Å². The Morgan fingerprint density at radius 1 is 1.15 bits per heavy atom. The summed E-state index contributed by atoms with van der Waals surface area (Å²) in [5.41, 5.74) is 1.22. The van der Waals surface area contributed by atoms with Gasteiger partial charge in [-0.1, -0.05) is 30.3 Å². The van der Waals surface area contributed by atoms with Crippen molar-refractivity contribution < 1.29 is 14.3 Å². The maximum atomic E-state index is 12.4. The Morgan fingerprint density at radius 2 is 1.85 bits per heavy atom. The second-order valence-electron chi connectivity index (χ2n) is 6.34. The van der Waals surface area contributed by atoms with Gasteiger partial charge in [-0.25, -0.2) is 0 Å². The van der Waals surface area contributed by atoms with E-state index in [1.807, 2.05) is 42.5 Å². The number of amides is 1. The summed E-state index contributed by atoms with van der Waals surface area (Å²) in [5, 5.41) is 3.10. The van der Waals surface area contributed by atoms with Gasteiger partial charge in [-0.15, -0.1) is 11.8 Å². The van der Waals surface area contributed by atoms with E-state index >= 15 is 0 Å². The zero-order valence-electron chi connectivity index (χ0n) is 15.6. The number of nitrogens with zero attached hydrogens (tertiary/aromatic N) is 1. The molecule has 0 spiro atoms. The van der Waals surface area contributed by atoms with Crippen molar-refractivity contribution in [3.63, 3.8) is 0 Å². The number of carbonyl (C=O) groups excluding carboxylic acids is 1. The average molecular weight is 387 g/mol. The monoisotopic (exact) mass is 386 g/mol. The van der Waals surface area contributed by atoms with E-state index in [2.05, 4.69) is 22.3 Å². The first-order valence-electron chi connectivity index (χ1n) is 9.16. The highest BCUT2D eigenvalue weighted by molar-refractivity contribution is 8.00. The van der Waals surface area contributed by atoms with Crippen molar-refractivity contribution in [2.75, 3.05) is 45.7 Å². The summed E-state index contributed by atoms with van der Waals surface area (Å²) in [6.45, 7) is 3.85. The minimum Gasteiger partial charge on any atom is -0.497 e. The molecule has 0 aromatic heterocycles. The minimum atomic E-state index is 0.0463. The maximum Gasteiger partial charge on any atom is 0.230 e. The number of rotatable bonds is 8. The predicted molar refractivity (Wildman–Crippen MR) is 108 cm³/mol. The smallest absolute Gasteiger partial charge is 0.230 e. The molecule has 1 atom stereocenters. The van der Waals surface area contributed by atoms with Gasteiger partial charge >= 0.3 is 0 Å². The predicted octanol–water partition coefficient (Wildman–Crippen LogP) is 2.98. The molecular weight excluding hydrogens is 360 g/mol. The fraction of sp³-hybridized carbons (Fsp3) is 0.381. The standard InChI is InChI=1S/C21H26N2O3S/c1-25-18-7-9-19(10-8-18)27-16-21(24)22-15-20(17-5-3-2-4-6-17)23-11-13-26-14-12-23/h2-10,20H,11-16H2,1H3,(H,22,24). The van der Waals surface area contributed by atoms with Crippen molar-refractivity contribution >= 4 is 17.7 Å². The first kappa shape index (κ1) is 19.7. The van der Waals surface area contributed by atoms with E-state index in [-0.39, 0.29) is 11.9 Å². The molecule has 1 saturated heterocycles. The Bertz CT molecular complexity index is 703. The van der Waals surface area contributed by atoms with E-state index in [0.29, 0.717) is 12.3 Å². The lowest BCUT2D eigenvalue weighted by Crippen LogP contribution is -2.44. The summed E-state index contributed by atoms with van der Waals surface area (Å²) in [6.07, 6.45) is 0. The number of methoxy groups -OCH3 is 1. The van der Waals surface area contributed by atoms with E-state index in [4.69, 9.17) is 9.47 Å². The lowest BCUT2D eigenvalue weighted by atomic mass is 10.0. The van der Waals surface area contributed by atoms with E-state index in [1.165, 1.54) is 17.3 Å². The Labute approximate surface area is 165 Å². The minimum absolute atomic E-state index is 0.0463. The second-order valence-corrected chi connectivity index (χ2v) is 7.39. The summed E-state index contributed by atoms with van der Waals surface area (Å²) < 4.78 is 10.6. The van der Waals surface area contributed by atoms with E-state index in [0.717, 1.165) is 36.9 Å². The van der Waals surface area contributed by atoms with Gasteiger partial charge in [-0.2, -0.15) is 0 Å². The molecule has 0 aliphatic carbocycles. The zero-order chi connectivity index (χ0) is 18.9. The molecule has 144 valence electrons. The molecule has 5 nitrogen and oxygen atoms in total. The SMILES string of the molecule is COc1ccc(SCC(=O)NCC(c2ccccc2)N2CCOCC2)cc1. The summed E-state index contributed by atoms with van der Waals surface area (Å²) in [5.74, 6) is 1.27. The lowest BCUT2D eigenvalue weighted by molar-refractivity contribution is -0.118. The Kier molecular flexibility index (Phi) is 7.56. The van der Waals surface area contributed by atoms with Crippen molar-refractivity contribution in [2.24, 2.45) is 0 Å². The molecule has 1 N–H and O–H groups in total. The van der Waals surface area contributed by atoms with Gasteiger partial charge in [0, 0.05) is 24.5 Å². The molecule has 2 aromatic carbocycles. The van der Waals surface area contributed by atoms with Crippen molar-refractivity contribution in [1.29, 1.82) is 0 Å². The van der Waals surface area contributed by atoms with Crippen LogP contribution in [0.25, 0.3) is 0 Å². The molecule has 1 fully saturated rings. The van der Waals surface area contributed by atoms with Gasteiger partial charge in [0.1, 0.15) is 5.75 Å². The van der Waals surface area contributed by atoms with Gasteiger partial charge < -0.3 is 14.8 Å². The first-order valence-corrected chi connectivity index (χ1v) is 10.1. The number of hydrogen-bond acceptors (Lipinski definition) is 5. The number of thioether (sulfide) groups is 1. The number of nitrogens with one attached hydrogen (secondary N) is 1. The van der Waals surface area contributed by atoms with E-state index in [9.17, 15) is 4.79 Å². The zero-order valence-corrected chi connectivity index (χ0v) is 16.4. The number of carbonyl (C=O) groups is 1. The van der Waals surface area contributed by atoms with Crippen LogP contribution in [0.3, 0.4) is 0 Å². The molecule has 3 rings (SSSR count). The van der Waals surface area contributed by atoms with Crippen LogP contribution >= 0.6 is 11.8 Å². The number of morpholine rings is 1. The van der Waals surface area contributed by atoms with Crippen LogP contribution in [0.5, 0.6) is 5.75 Å². The van der Waals surface area contributed by atoms with Crippen LogP contribution in [0.15, 0.2) is 59.5 Å². The van der Waals surface area contributed by atoms with Crippen LogP contribution in [0.1, 0.15) is 11.6 Å². The van der Waals surface area contributed by atoms with E-state index in [1.54, 1.807) is 7.11 Å². The molecule has 1 aliphatic heterocycles. The van der Waals surface area contributed by atoms with Crippen LogP contribution < -0.4 is 10.1 Å². The van der Waals surface area contributed by atoms with Gasteiger partial charge in [-0.05, 0) is 29.8 Å². The normalized spacial score (nSPS) is 15.9. The number of hydrogen-bond donors (Lipinski definition) is 1. The van der Waals surface area contributed by atoms with Crippen LogP contribution in [0, 0.1) is 0 Å². The van der Waals surface area contributed by atoms with Gasteiger partial charge in [0.05, 0.1) is 32.1 Å². The van der Waals surface area contributed by atoms with Gasteiger partial charge in [0.15, 0.2) is 0 Å². The van der Waals surface area contributed by atoms with Crippen molar-refractivity contribution in [1.82, 2.24) is 10.2 Å². The van der Waals surface area contributed by atoms with Crippen molar-refractivity contribution in [3.8, 4) is 5.75 Å². The molecule has 0 bridgehead atoms. The molecule has 1 amide bonds. The third-order valence-electron chi connectivity index (χ3n) is 4.59. The summed E-state index contributed by atoms with van der Waals surface area (Å²) in [7, 11) is 1.65. The summed E-state index contributed by atoms with van der Waals surface area (Å²) in [4.78, 5) is 15.8. The molecule has 0 radical (unpaired) electrons. The van der Waals surface area contributed by atoms with Gasteiger partial charge in [0.2, 0.25) is 5.91 Å². The number of benzene rings is 2. The lowest BCUT2D eigenvalue weighted by Gasteiger charge is -2.34. The fourth-order valence-electron chi connectivity index (χ4n) is 3.10. The van der Waals surface area contributed by atoms with E-state index < -0.39 is 0 Å². The maximum absolute atomic E-state index is 12.4. The van der Waals surface area contributed by atoms with Crippen molar-refractivity contribution in [3.05, 3.63) is 60.2 Å². The highest BCUT2D eigenvalue weighted by atomic mass is 32.2. The largest absolute Gasteiger partial charge is 0.497 e. The first-order chi connectivity index (χ1) is 13.3. The van der Waals surface area contributed by atoms with Gasteiger partial charge in [-0.3, -0.25) is 9.69 Å². The van der Waals surface area contributed by atoms with Gasteiger partial charge in [0.25, 0.3) is 0 Å². The van der Waals surface area contributed by atoms with Crippen LogP contribution in [-0.4, -0.2) is 56.5 Å². The summed E-state index contributed by atoms with van der Waals surface area (Å²) >= 11 is 1.53. The van der Waals surface area contributed by atoms with Crippen LogP contribution in [0.2, 0.25) is 0 Å². The Balaban J connectivity index is 1.53. The highest BCUT2D eigenvalue weighted by Crippen LogP contribution is 2.22. The quantitative estimate of drug-likeness (QED) is 0.707. The topological polar surface area (TPSA) is 50.8 Å². The molecule has 1 heterocycles.